The molecule has 4 heteroatoms. The smallest absolute Gasteiger partial charge is 0.342 e. The van der Waals surface area contributed by atoms with Gasteiger partial charge in [-0.15, -0.1) is 0 Å². The lowest BCUT2D eigenvalue weighted by Crippen LogP contribution is -2.03. The molecule has 0 spiro atoms. The topological polar surface area (TPSA) is 48.0 Å². The highest BCUT2D eigenvalue weighted by Crippen LogP contribution is 2.25. The van der Waals surface area contributed by atoms with E-state index in [1.54, 1.807) is 6.92 Å². The zero-order chi connectivity index (χ0) is 11.3. The van der Waals surface area contributed by atoms with Crippen molar-refractivity contribution >= 4 is 11.0 Å². The highest BCUT2D eigenvalue weighted by atomic mass is 16.4. The second-order valence-electron chi connectivity index (χ2n) is 3.83. The molecule has 0 saturated heterocycles. The van der Waals surface area contributed by atoms with Crippen LogP contribution in [0.4, 0.5) is 0 Å². The predicted octanol–water partition coefficient (Wildman–Crippen LogP) is 1.94. The number of furan rings is 1. The van der Waals surface area contributed by atoms with Gasteiger partial charge >= 0.3 is 5.63 Å². The largest absolute Gasteiger partial charge is 0.402 e. The van der Waals surface area contributed by atoms with Crippen LogP contribution >= 0.6 is 0 Å². The first kappa shape index (κ1) is 9.15. The van der Waals surface area contributed by atoms with Crippen molar-refractivity contribution in [3.8, 4) is 11.6 Å². The quantitative estimate of drug-likeness (QED) is 0.574. The maximum absolute atomic E-state index is 11.4. The van der Waals surface area contributed by atoms with E-state index in [0.29, 0.717) is 11.5 Å². The minimum absolute atomic E-state index is 0.312. The van der Waals surface area contributed by atoms with E-state index in [4.69, 9.17) is 4.42 Å². The molecule has 2 heterocycles. The number of aryl methyl sites for hydroxylation is 1. The number of benzene rings is 1. The molecule has 0 saturated carbocycles. The molecule has 0 aromatic heterocycles. The molecule has 3 rings (SSSR count). The van der Waals surface area contributed by atoms with Crippen LogP contribution in [0, 0.1) is 6.92 Å². The Hall–Kier alpha value is -2.10. The molecule has 0 radical (unpaired) electrons. The molecule has 0 amide bonds. The summed E-state index contributed by atoms with van der Waals surface area (Å²) in [6.07, 6.45) is 0. The van der Waals surface area contributed by atoms with Gasteiger partial charge in [0.1, 0.15) is 5.69 Å². The summed E-state index contributed by atoms with van der Waals surface area (Å²) in [5.74, 6) is 0.406. The van der Waals surface area contributed by atoms with Gasteiger partial charge in [0.25, 0.3) is 0 Å². The Morgan fingerprint density at radius 3 is 2.88 bits per heavy atom. The van der Waals surface area contributed by atoms with Gasteiger partial charge in [-0.05, 0) is 19.1 Å². The van der Waals surface area contributed by atoms with Gasteiger partial charge in [0.05, 0.1) is 16.6 Å². The Kier molecular flexibility index (Phi) is 1.68. The van der Waals surface area contributed by atoms with E-state index < -0.39 is 0 Å². The lowest BCUT2D eigenvalue weighted by atomic mass is 10.2. The first-order valence-electron chi connectivity index (χ1n) is 5.03. The van der Waals surface area contributed by atoms with E-state index in [2.05, 4.69) is 4.98 Å². The van der Waals surface area contributed by atoms with E-state index in [-0.39, 0.29) is 5.63 Å². The van der Waals surface area contributed by atoms with Gasteiger partial charge in [-0.3, -0.25) is 0 Å². The summed E-state index contributed by atoms with van der Waals surface area (Å²) in [7, 11) is 1.91. The molecule has 0 aliphatic carbocycles. The zero-order valence-corrected chi connectivity index (χ0v) is 9.02. The first-order valence-corrected chi connectivity index (χ1v) is 5.03. The van der Waals surface area contributed by atoms with Crippen LogP contribution in [0.2, 0.25) is 0 Å². The third kappa shape index (κ3) is 1.04. The third-order valence-electron chi connectivity index (χ3n) is 2.85. The fourth-order valence-corrected chi connectivity index (χ4v) is 2.01. The normalized spacial score (nSPS) is 11.4. The monoisotopic (exact) mass is 214 g/mol. The Morgan fingerprint density at radius 2 is 2.06 bits per heavy atom. The number of hydrogen-bond donors (Lipinski definition) is 0. The Balaban J connectivity index is 2.62. The standard InChI is InChI=1S/C12H10N2O2/c1-7-10-11(16-12(7)15)13-8-5-3-4-6-9(8)14(10)2/h3-6H,1-2H3. The Bertz CT molecular complexity index is 709. The minimum Gasteiger partial charge on any atom is -0.402 e. The minimum atomic E-state index is -0.312. The SMILES string of the molecule is Cc1c2n(C)c3ccccc3nc-2oc1=O. The van der Waals surface area contributed by atoms with Crippen molar-refractivity contribution in [2.24, 2.45) is 7.05 Å². The maximum Gasteiger partial charge on any atom is 0.342 e. The molecule has 1 aromatic rings. The zero-order valence-electron chi connectivity index (χ0n) is 9.02. The van der Waals surface area contributed by atoms with E-state index in [0.717, 1.165) is 16.7 Å². The summed E-state index contributed by atoms with van der Waals surface area (Å²) < 4.78 is 7.04. The van der Waals surface area contributed by atoms with E-state index in [9.17, 15) is 4.79 Å². The molecule has 0 N–H and O–H groups in total. The summed E-state index contributed by atoms with van der Waals surface area (Å²) in [6, 6.07) is 7.73. The summed E-state index contributed by atoms with van der Waals surface area (Å²) in [5.41, 5.74) is 2.87. The van der Waals surface area contributed by atoms with Crippen LogP contribution in [0.5, 0.6) is 0 Å². The average Bonchev–Trinajstić information content (AvgIpc) is 2.55. The van der Waals surface area contributed by atoms with Crippen molar-refractivity contribution in [3.63, 3.8) is 0 Å². The van der Waals surface area contributed by atoms with Crippen LogP contribution in [0.25, 0.3) is 22.6 Å². The van der Waals surface area contributed by atoms with Crippen molar-refractivity contribution in [1.82, 2.24) is 9.55 Å². The van der Waals surface area contributed by atoms with Crippen LogP contribution < -0.4 is 5.63 Å². The number of fused-ring (bicyclic) bond motifs is 2. The van der Waals surface area contributed by atoms with Crippen molar-refractivity contribution in [2.75, 3.05) is 0 Å². The summed E-state index contributed by atoms with van der Waals surface area (Å²) in [4.78, 5) is 15.8. The van der Waals surface area contributed by atoms with Gasteiger partial charge in [0.15, 0.2) is 0 Å². The van der Waals surface area contributed by atoms with E-state index in [1.165, 1.54) is 0 Å². The van der Waals surface area contributed by atoms with E-state index in [1.807, 2.05) is 35.9 Å². The lowest BCUT2D eigenvalue weighted by molar-refractivity contribution is 0.526. The van der Waals surface area contributed by atoms with Crippen LogP contribution in [-0.4, -0.2) is 9.55 Å². The summed E-state index contributed by atoms with van der Waals surface area (Å²) in [6.45, 7) is 1.75. The first-order chi connectivity index (χ1) is 7.68. The molecule has 2 aliphatic rings. The molecule has 2 aliphatic heterocycles. The predicted molar refractivity (Wildman–Crippen MR) is 60.6 cm³/mol. The molecule has 0 fully saturated rings. The van der Waals surface area contributed by atoms with Crippen molar-refractivity contribution in [3.05, 3.63) is 40.2 Å². The van der Waals surface area contributed by atoms with E-state index >= 15 is 0 Å². The van der Waals surface area contributed by atoms with Gasteiger partial charge in [0, 0.05) is 7.05 Å². The molecule has 0 bridgehead atoms. The average molecular weight is 214 g/mol. The van der Waals surface area contributed by atoms with Crippen LogP contribution in [0.15, 0.2) is 33.5 Å². The number of nitrogens with zero attached hydrogens (tertiary/aromatic N) is 2. The molecule has 80 valence electrons. The molecule has 0 atom stereocenters. The summed E-state index contributed by atoms with van der Waals surface area (Å²) in [5, 5.41) is 0. The van der Waals surface area contributed by atoms with Gasteiger partial charge in [-0.25, -0.2) is 9.78 Å². The van der Waals surface area contributed by atoms with Crippen molar-refractivity contribution < 1.29 is 4.42 Å². The number of para-hydroxylation sites is 2. The number of rotatable bonds is 0. The van der Waals surface area contributed by atoms with Gasteiger partial charge in [-0.1, -0.05) is 12.1 Å². The fourth-order valence-electron chi connectivity index (χ4n) is 2.01. The molecule has 1 aromatic carbocycles. The van der Waals surface area contributed by atoms with Crippen molar-refractivity contribution in [1.29, 1.82) is 0 Å². The van der Waals surface area contributed by atoms with Crippen LogP contribution in [0.3, 0.4) is 0 Å². The molecule has 16 heavy (non-hydrogen) atoms. The van der Waals surface area contributed by atoms with Gasteiger partial charge in [0.2, 0.25) is 5.89 Å². The number of aromatic nitrogens is 2. The lowest BCUT2D eigenvalue weighted by Gasteiger charge is -2.09. The molecule has 4 nitrogen and oxygen atoms in total. The van der Waals surface area contributed by atoms with Gasteiger partial charge < -0.3 is 8.98 Å². The second-order valence-corrected chi connectivity index (χ2v) is 3.83. The van der Waals surface area contributed by atoms with Crippen molar-refractivity contribution in [2.45, 2.75) is 6.92 Å². The Morgan fingerprint density at radius 1 is 1.31 bits per heavy atom. The highest BCUT2D eigenvalue weighted by Gasteiger charge is 2.19. The third-order valence-corrected chi connectivity index (χ3v) is 2.85. The Labute approximate surface area is 91.5 Å². The molecule has 0 unspecified atom stereocenters. The number of hydrogen-bond acceptors (Lipinski definition) is 3. The highest BCUT2D eigenvalue weighted by molar-refractivity contribution is 5.79. The van der Waals surface area contributed by atoms with Crippen LogP contribution in [0.1, 0.15) is 5.56 Å². The van der Waals surface area contributed by atoms with Gasteiger partial charge in [-0.2, -0.15) is 0 Å². The molecular formula is C12H10N2O2. The second kappa shape index (κ2) is 2.95. The van der Waals surface area contributed by atoms with Crippen LogP contribution in [-0.2, 0) is 7.05 Å². The molecular weight excluding hydrogens is 204 g/mol. The maximum atomic E-state index is 11.4. The fraction of sp³-hybridized carbons (Fsp3) is 0.167. The summed E-state index contributed by atoms with van der Waals surface area (Å²) >= 11 is 0.